The molecule has 0 heterocycles. The van der Waals surface area contributed by atoms with Crippen molar-refractivity contribution in [3.05, 3.63) is 66.2 Å². The number of hydrogen-bond acceptors (Lipinski definition) is 1. The van der Waals surface area contributed by atoms with E-state index >= 15 is 0 Å². The maximum Gasteiger partial charge on any atom is 0.247 e. The van der Waals surface area contributed by atoms with Gasteiger partial charge < -0.3 is 17.1 Å². The van der Waals surface area contributed by atoms with E-state index in [2.05, 4.69) is 36.6 Å². The minimum atomic E-state index is 0. The van der Waals surface area contributed by atoms with Gasteiger partial charge >= 0.3 is 0 Å². The third kappa shape index (κ3) is 5.03. The highest BCUT2D eigenvalue weighted by molar-refractivity contribution is 7.95. The van der Waals surface area contributed by atoms with E-state index in [0.29, 0.717) is 0 Å². The third-order valence-corrected chi connectivity index (χ3v) is 3.77. The molecular weight excluding hydrogens is 264 g/mol. The average molecular weight is 281 g/mol. The standard InChI is InChI=1S/C15H17OS.ClH/c1-17(12-14-8-4-2-5-9-14)13-16-15-10-6-3-7-11-15;/h2-11H,12-13H2,1H3;1H/q+1;/p-1. The molecule has 0 radical (unpaired) electrons. The van der Waals surface area contributed by atoms with Gasteiger partial charge in [0.15, 0.2) is 0 Å². The van der Waals surface area contributed by atoms with E-state index < -0.39 is 0 Å². The van der Waals surface area contributed by atoms with E-state index in [1.165, 1.54) is 5.56 Å². The molecule has 0 N–H and O–H groups in total. The molecule has 0 amide bonds. The normalized spacial score (nSPS) is 11.4. The van der Waals surface area contributed by atoms with E-state index in [1.807, 2.05) is 30.3 Å². The number of ether oxygens (including phenoxy) is 1. The molecule has 18 heavy (non-hydrogen) atoms. The van der Waals surface area contributed by atoms with Crippen molar-refractivity contribution >= 4 is 10.9 Å². The van der Waals surface area contributed by atoms with Crippen LogP contribution in [0.2, 0.25) is 0 Å². The van der Waals surface area contributed by atoms with Gasteiger partial charge in [-0.25, -0.2) is 0 Å². The Labute approximate surface area is 118 Å². The molecule has 1 atom stereocenters. The Morgan fingerprint density at radius 2 is 1.44 bits per heavy atom. The molecule has 0 saturated heterocycles. The second-order valence-corrected chi connectivity index (χ2v) is 6.07. The van der Waals surface area contributed by atoms with Gasteiger partial charge in [-0.05, 0) is 12.1 Å². The van der Waals surface area contributed by atoms with Crippen LogP contribution >= 0.6 is 0 Å². The lowest BCUT2D eigenvalue weighted by Gasteiger charge is -2.06. The molecule has 0 aliphatic heterocycles. The number of hydrogen-bond donors (Lipinski definition) is 0. The van der Waals surface area contributed by atoms with Crippen LogP contribution in [-0.4, -0.2) is 12.2 Å². The summed E-state index contributed by atoms with van der Waals surface area (Å²) in [6, 6.07) is 20.6. The highest BCUT2D eigenvalue weighted by Gasteiger charge is 2.12. The van der Waals surface area contributed by atoms with E-state index in [9.17, 15) is 0 Å². The van der Waals surface area contributed by atoms with Gasteiger partial charge in [-0.1, -0.05) is 48.5 Å². The van der Waals surface area contributed by atoms with E-state index in [-0.39, 0.29) is 23.3 Å². The van der Waals surface area contributed by atoms with E-state index in [0.717, 1.165) is 17.4 Å². The zero-order chi connectivity index (χ0) is 11.9. The molecule has 1 unspecified atom stereocenters. The molecule has 2 aromatic rings. The monoisotopic (exact) mass is 280 g/mol. The Morgan fingerprint density at radius 1 is 0.889 bits per heavy atom. The first-order valence-electron chi connectivity index (χ1n) is 5.65. The number of benzene rings is 2. The highest BCUT2D eigenvalue weighted by Crippen LogP contribution is 2.12. The Morgan fingerprint density at radius 3 is 2.06 bits per heavy atom. The molecule has 3 heteroatoms. The van der Waals surface area contributed by atoms with Crippen molar-refractivity contribution in [1.29, 1.82) is 0 Å². The van der Waals surface area contributed by atoms with E-state index in [1.54, 1.807) is 0 Å². The molecule has 96 valence electrons. The molecule has 0 saturated carbocycles. The topological polar surface area (TPSA) is 9.23 Å². The summed E-state index contributed by atoms with van der Waals surface area (Å²) >= 11 is 0. The lowest BCUT2D eigenvalue weighted by Crippen LogP contribution is -3.00. The fourth-order valence-corrected chi connectivity index (χ4v) is 2.77. The Hall–Kier alpha value is -1.12. The molecular formula is C15H17ClOS. The second-order valence-electron chi connectivity index (χ2n) is 3.99. The molecule has 0 fully saturated rings. The Bertz CT molecular complexity index is 433. The van der Waals surface area contributed by atoms with Crippen LogP contribution < -0.4 is 17.1 Å². The zero-order valence-electron chi connectivity index (χ0n) is 10.4. The van der Waals surface area contributed by atoms with Crippen LogP contribution in [-0.2, 0) is 16.6 Å². The molecule has 2 aromatic carbocycles. The Balaban J connectivity index is 0.00000162. The predicted octanol–water partition coefficient (Wildman–Crippen LogP) is 0.475. The van der Waals surface area contributed by atoms with Gasteiger partial charge in [-0.15, -0.1) is 0 Å². The maximum atomic E-state index is 5.75. The van der Waals surface area contributed by atoms with Crippen molar-refractivity contribution < 1.29 is 17.1 Å². The molecule has 0 spiro atoms. The highest BCUT2D eigenvalue weighted by atomic mass is 35.5. The van der Waals surface area contributed by atoms with Crippen molar-refractivity contribution in [1.82, 2.24) is 0 Å². The van der Waals surface area contributed by atoms with Crippen molar-refractivity contribution in [3.63, 3.8) is 0 Å². The molecule has 0 aromatic heterocycles. The fraction of sp³-hybridized carbons (Fsp3) is 0.200. The zero-order valence-corrected chi connectivity index (χ0v) is 12.0. The van der Waals surface area contributed by atoms with Crippen LogP contribution in [0.3, 0.4) is 0 Å². The summed E-state index contributed by atoms with van der Waals surface area (Å²) < 4.78 is 5.75. The van der Waals surface area contributed by atoms with E-state index in [4.69, 9.17) is 4.74 Å². The van der Waals surface area contributed by atoms with Crippen molar-refractivity contribution in [3.8, 4) is 5.75 Å². The predicted molar refractivity (Wildman–Crippen MR) is 75.4 cm³/mol. The largest absolute Gasteiger partial charge is 1.00 e. The van der Waals surface area contributed by atoms with Gasteiger partial charge in [0, 0.05) is 16.5 Å². The number of para-hydroxylation sites is 1. The summed E-state index contributed by atoms with van der Waals surface area (Å²) in [5.41, 5.74) is 1.38. The summed E-state index contributed by atoms with van der Waals surface area (Å²) in [5, 5.41) is 0. The van der Waals surface area contributed by atoms with Gasteiger partial charge in [0.05, 0.1) is 0 Å². The average Bonchev–Trinajstić information content (AvgIpc) is 2.39. The maximum absolute atomic E-state index is 5.75. The number of halogens is 1. The van der Waals surface area contributed by atoms with Gasteiger partial charge in [-0.2, -0.15) is 0 Å². The van der Waals surface area contributed by atoms with Crippen LogP contribution in [0, 0.1) is 0 Å². The van der Waals surface area contributed by atoms with Crippen LogP contribution in [0.15, 0.2) is 60.7 Å². The molecule has 2 rings (SSSR count). The van der Waals surface area contributed by atoms with Gasteiger partial charge in [0.1, 0.15) is 17.8 Å². The summed E-state index contributed by atoms with van der Waals surface area (Å²) in [7, 11) is 0.256. The summed E-state index contributed by atoms with van der Waals surface area (Å²) in [6.07, 6.45) is 2.25. The second kappa shape index (κ2) is 8.06. The summed E-state index contributed by atoms with van der Waals surface area (Å²) in [6.45, 7) is 0. The van der Waals surface area contributed by atoms with Crippen molar-refractivity contribution in [2.24, 2.45) is 0 Å². The minimum absolute atomic E-state index is 0. The first-order valence-corrected chi connectivity index (χ1v) is 7.62. The van der Waals surface area contributed by atoms with Crippen molar-refractivity contribution in [2.45, 2.75) is 5.75 Å². The third-order valence-electron chi connectivity index (χ3n) is 2.43. The fourth-order valence-electron chi connectivity index (χ4n) is 1.59. The Kier molecular flexibility index (Phi) is 6.69. The van der Waals surface area contributed by atoms with Gasteiger partial charge in [0.2, 0.25) is 5.94 Å². The molecule has 0 aliphatic rings. The summed E-state index contributed by atoms with van der Waals surface area (Å²) in [5.74, 6) is 2.84. The van der Waals surface area contributed by atoms with Crippen LogP contribution in [0.25, 0.3) is 0 Å². The smallest absolute Gasteiger partial charge is 0.247 e. The first kappa shape index (κ1) is 14.9. The summed E-state index contributed by atoms with van der Waals surface area (Å²) in [4.78, 5) is 0. The van der Waals surface area contributed by atoms with Crippen LogP contribution in [0.4, 0.5) is 0 Å². The number of rotatable bonds is 5. The van der Waals surface area contributed by atoms with Gasteiger partial charge in [-0.3, -0.25) is 0 Å². The molecule has 1 nitrogen and oxygen atoms in total. The lowest BCUT2D eigenvalue weighted by molar-refractivity contribution is -0.00000382. The molecule has 0 aliphatic carbocycles. The SMILES string of the molecule is C[S+](COc1ccccc1)Cc1ccccc1.[Cl-]. The first-order chi connectivity index (χ1) is 8.34. The quantitative estimate of drug-likeness (QED) is 0.724. The van der Waals surface area contributed by atoms with Crippen LogP contribution in [0.1, 0.15) is 5.56 Å². The van der Waals surface area contributed by atoms with Crippen LogP contribution in [0.5, 0.6) is 5.75 Å². The molecule has 0 bridgehead atoms. The van der Waals surface area contributed by atoms with Crippen molar-refractivity contribution in [2.75, 3.05) is 12.2 Å². The lowest BCUT2D eigenvalue weighted by atomic mass is 10.2. The minimum Gasteiger partial charge on any atom is -1.00 e. The van der Waals surface area contributed by atoms with Gasteiger partial charge in [0.25, 0.3) is 0 Å².